The zero-order valence-corrected chi connectivity index (χ0v) is 6.30. The monoisotopic (exact) mass is 148 g/mol. The van der Waals surface area contributed by atoms with E-state index in [1.807, 2.05) is 0 Å². The van der Waals surface area contributed by atoms with Crippen LogP contribution in [0.2, 0.25) is 0 Å². The second kappa shape index (κ2) is 4.25. The Kier molecular flexibility index (Phi) is 4.00. The number of carboxylic acid groups (broad SMARTS) is 1. The molecule has 60 valence electrons. The van der Waals surface area contributed by atoms with Gasteiger partial charge in [-0.1, -0.05) is 6.92 Å². The summed E-state index contributed by atoms with van der Waals surface area (Å²) >= 11 is 0. The number of hydrogen-bond donors (Lipinski definition) is 1. The minimum atomic E-state index is -1.01. The molecule has 0 aromatic heterocycles. The van der Waals surface area contributed by atoms with E-state index in [2.05, 4.69) is 0 Å². The predicted octanol–water partition coefficient (Wildman–Crippen LogP) is 1.85. The fourth-order valence-electron chi connectivity index (χ4n) is 0.856. The lowest BCUT2D eigenvalue weighted by molar-refractivity contribution is -0.138. The molecule has 0 saturated heterocycles. The minimum Gasteiger partial charge on any atom is -0.481 e. The fourth-order valence-corrected chi connectivity index (χ4v) is 0.856. The summed E-state index contributed by atoms with van der Waals surface area (Å²) in [5, 5.41) is 8.30. The maximum atomic E-state index is 12.5. The van der Waals surface area contributed by atoms with Crippen molar-refractivity contribution in [3.05, 3.63) is 0 Å². The number of carbonyl (C=O) groups is 1. The average molecular weight is 148 g/mol. The molecule has 0 aliphatic heterocycles. The Balaban J connectivity index is 3.71. The molecule has 1 N–H and O–H groups in total. The van der Waals surface area contributed by atoms with Gasteiger partial charge in [0.15, 0.2) is 0 Å². The van der Waals surface area contributed by atoms with Crippen molar-refractivity contribution in [3.8, 4) is 0 Å². The third-order valence-corrected chi connectivity index (χ3v) is 1.61. The van der Waals surface area contributed by atoms with E-state index in [1.54, 1.807) is 6.92 Å². The van der Waals surface area contributed by atoms with E-state index in [0.29, 0.717) is 6.42 Å². The molecule has 0 saturated carbocycles. The molecule has 2 unspecified atom stereocenters. The van der Waals surface area contributed by atoms with Gasteiger partial charge in [-0.15, -0.1) is 0 Å². The van der Waals surface area contributed by atoms with Crippen molar-refractivity contribution in [2.24, 2.45) is 5.92 Å². The molecule has 0 fully saturated rings. The molecule has 0 amide bonds. The third kappa shape index (κ3) is 3.43. The molecule has 0 rings (SSSR count). The highest BCUT2D eigenvalue weighted by Gasteiger charge is 2.17. The van der Waals surface area contributed by atoms with E-state index in [-0.39, 0.29) is 12.3 Å². The number of alkyl halides is 1. The second-order valence-electron chi connectivity index (χ2n) is 2.44. The summed E-state index contributed by atoms with van der Waals surface area (Å²) in [4.78, 5) is 10.1. The van der Waals surface area contributed by atoms with Crippen LogP contribution in [0.5, 0.6) is 0 Å². The normalized spacial score (nSPS) is 16.3. The quantitative estimate of drug-likeness (QED) is 0.660. The highest BCUT2D eigenvalue weighted by atomic mass is 19.1. The number of halogens is 1. The smallest absolute Gasteiger partial charge is 0.303 e. The van der Waals surface area contributed by atoms with Crippen LogP contribution in [-0.4, -0.2) is 17.2 Å². The Morgan fingerprint density at radius 2 is 2.20 bits per heavy atom. The van der Waals surface area contributed by atoms with Gasteiger partial charge in [-0.05, 0) is 19.3 Å². The van der Waals surface area contributed by atoms with Gasteiger partial charge in [0.2, 0.25) is 0 Å². The van der Waals surface area contributed by atoms with Gasteiger partial charge in [-0.25, -0.2) is 4.39 Å². The lowest BCUT2D eigenvalue weighted by Gasteiger charge is -2.12. The summed E-state index contributed by atoms with van der Waals surface area (Å²) in [6.45, 7) is 3.20. The SMILES string of the molecule is CCC(CC(=O)O)C(C)F. The number of aliphatic carboxylic acids is 1. The van der Waals surface area contributed by atoms with Gasteiger partial charge in [0.1, 0.15) is 6.17 Å². The standard InChI is InChI=1S/C7H13FO2/c1-3-6(5(2)8)4-7(9)10/h5-6H,3-4H2,1-2H3,(H,9,10). The first-order valence-corrected chi connectivity index (χ1v) is 3.43. The van der Waals surface area contributed by atoms with Crippen molar-refractivity contribution in [3.63, 3.8) is 0 Å². The van der Waals surface area contributed by atoms with Crippen LogP contribution >= 0.6 is 0 Å². The Morgan fingerprint density at radius 1 is 1.70 bits per heavy atom. The summed E-state index contributed by atoms with van der Waals surface area (Å²) in [6, 6.07) is 0. The lowest BCUT2D eigenvalue weighted by atomic mass is 9.98. The first-order valence-electron chi connectivity index (χ1n) is 3.43. The van der Waals surface area contributed by atoms with Gasteiger partial charge in [0, 0.05) is 0 Å². The van der Waals surface area contributed by atoms with E-state index in [4.69, 9.17) is 5.11 Å². The second-order valence-corrected chi connectivity index (χ2v) is 2.44. The van der Waals surface area contributed by atoms with Gasteiger partial charge >= 0.3 is 5.97 Å². The van der Waals surface area contributed by atoms with Crippen molar-refractivity contribution in [2.75, 3.05) is 0 Å². The molecular formula is C7H13FO2. The van der Waals surface area contributed by atoms with Crippen LogP contribution in [0.15, 0.2) is 0 Å². The molecule has 0 bridgehead atoms. The molecule has 10 heavy (non-hydrogen) atoms. The van der Waals surface area contributed by atoms with Crippen molar-refractivity contribution >= 4 is 5.97 Å². The molecule has 2 nitrogen and oxygen atoms in total. The largest absolute Gasteiger partial charge is 0.481 e. The van der Waals surface area contributed by atoms with Crippen molar-refractivity contribution in [2.45, 2.75) is 32.9 Å². The topological polar surface area (TPSA) is 37.3 Å². The molecule has 0 radical (unpaired) electrons. The van der Waals surface area contributed by atoms with Crippen molar-refractivity contribution in [1.82, 2.24) is 0 Å². The Labute approximate surface area is 60.1 Å². The fraction of sp³-hybridized carbons (Fsp3) is 0.857. The molecular weight excluding hydrogens is 135 g/mol. The molecule has 2 atom stereocenters. The zero-order valence-electron chi connectivity index (χ0n) is 6.30. The van der Waals surface area contributed by atoms with Crippen LogP contribution in [0.3, 0.4) is 0 Å². The van der Waals surface area contributed by atoms with Crippen LogP contribution in [0.1, 0.15) is 26.7 Å². The van der Waals surface area contributed by atoms with E-state index in [9.17, 15) is 9.18 Å². The van der Waals surface area contributed by atoms with Crippen LogP contribution in [0.4, 0.5) is 4.39 Å². The summed E-state index contributed by atoms with van der Waals surface area (Å²) < 4.78 is 12.5. The van der Waals surface area contributed by atoms with E-state index >= 15 is 0 Å². The van der Waals surface area contributed by atoms with E-state index in [0.717, 1.165) is 0 Å². The van der Waals surface area contributed by atoms with Crippen molar-refractivity contribution in [1.29, 1.82) is 0 Å². The zero-order chi connectivity index (χ0) is 8.15. The first-order chi connectivity index (χ1) is 4.57. The van der Waals surface area contributed by atoms with Gasteiger partial charge < -0.3 is 5.11 Å². The highest BCUT2D eigenvalue weighted by Crippen LogP contribution is 2.15. The van der Waals surface area contributed by atoms with Crippen molar-refractivity contribution < 1.29 is 14.3 Å². The van der Waals surface area contributed by atoms with Gasteiger partial charge in [0.25, 0.3) is 0 Å². The molecule has 0 aliphatic rings. The lowest BCUT2D eigenvalue weighted by Crippen LogP contribution is -2.15. The van der Waals surface area contributed by atoms with Crippen LogP contribution in [0, 0.1) is 5.92 Å². The molecule has 0 spiro atoms. The number of hydrogen-bond acceptors (Lipinski definition) is 1. The molecule has 0 heterocycles. The van der Waals surface area contributed by atoms with Gasteiger partial charge in [0.05, 0.1) is 6.42 Å². The number of carboxylic acids is 1. The van der Waals surface area contributed by atoms with Gasteiger partial charge in [-0.3, -0.25) is 4.79 Å². The molecule has 0 aromatic rings. The maximum Gasteiger partial charge on any atom is 0.303 e. The van der Waals surface area contributed by atoms with Crippen LogP contribution in [0.25, 0.3) is 0 Å². The average Bonchev–Trinajstić information content (AvgIpc) is 1.81. The number of rotatable bonds is 4. The summed E-state index contributed by atoms with van der Waals surface area (Å²) in [5.41, 5.74) is 0. The van der Waals surface area contributed by atoms with Crippen LogP contribution < -0.4 is 0 Å². The maximum absolute atomic E-state index is 12.5. The Hall–Kier alpha value is -0.600. The highest BCUT2D eigenvalue weighted by molar-refractivity contribution is 5.67. The molecule has 0 aromatic carbocycles. The Morgan fingerprint density at radius 3 is 2.30 bits per heavy atom. The molecule has 0 aliphatic carbocycles. The summed E-state index contributed by atoms with van der Waals surface area (Å²) in [7, 11) is 0. The predicted molar refractivity (Wildman–Crippen MR) is 36.6 cm³/mol. The van der Waals surface area contributed by atoms with E-state index in [1.165, 1.54) is 6.92 Å². The minimum absolute atomic E-state index is 0.0613. The Bertz CT molecular complexity index is 112. The third-order valence-electron chi connectivity index (χ3n) is 1.61. The van der Waals surface area contributed by atoms with Crippen LogP contribution in [-0.2, 0) is 4.79 Å². The first kappa shape index (κ1) is 9.40. The van der Waals surface area contributed by atoms with Gasteiger partial charge in [-0.2, -0.15) is 0 Å². The summed E-state index contributed by atoms with van der Waals surface area (Å²) in [5.74, 6) is -1.24. The molecule has 3 heteroatoms. The van der Waals surface area contributed by atoms with E-state index < -0.39 is 12.1 Å². The summed E-state index contributed by atoms with van der Waals surface area (Å²) in [6.07, 6.45) is -0.487.